The van der Waals surface area contributed by atoms with Crippen LogP contribution in [0.4, 0.5) is 0 Å². The van der Waals surface area contributed by atoms with E-state index < -0.39 is 0 Å². The van der Waals surface area contributed by atoms with Crippen LogP contribution in [0.25, 0.3) is 0 Å². The van der Waals surface area contributed by atoms with Gasteiger partial charge in [0, 0.05) is 25.6 Å². The number of nitrogens with one attached hydrogen (secondary N) is 2. The molecule has 4 heteroatoms. The molecule has 0 aromatic heterocycles. The molecule has 0 saturated carbocycles. The zero-order chi connectivity index (χ0) is 11.6. The summed E-state index contributed by atoms with van der Waals surface area (Å²) in [6.07, 6.45) is 5.19. The molecule has 16 heavy (non-hydrogen) atoms. The molecule has 1 saturated heterocycles. The minimum Gasteiger partial charge on any atom is -0.381 e. The van der Waals surface area contributed by atoms with E-state index in [-0.39, 0.29) is 5.91 Å². The fourth-order valence-electron chi connectivity index (χ4n) is 1.83. The molecule has 1 amide bonds. The molecule has 1 rings (SSSR count). The van der Waals surface area contributed by atoms with Crippen molar-refractivity contribution in [1.82, 2.24) is 10.6 Å². The molecular formula is C12H24N2O2. The monoisotopic (exact) mass is 228 g/mol. The second kappa shape index (κ2) is 8.53. The van der Waals surface area contributed by atoms with Crippen molar-refractivity contribution in [3.05, 3.63) is 0 Å². The van der Waals surface area contributed by atoms with Crippen LogP contribution in [-0.4, -0.2) is 38.3 Å². The predicted molar refractivity (Wildman–Crippen MR) is 64.4 cm³/mol. The minimum atomic E-state index is 0.100. The van der Waals surface area contributed by atoms with Gasteiger partial charge in [-0.15, -0.1) is 0 Å². The molecule has 1 fully saturated rings. The second-order valence-corrected chi connectivity index (χ2v) is 4.31. The van der Waals surface area contributed by atoms with Crippen molar-refractivity contribution in [2.75, 3.05) is 26.3 Å². The van der Waals surface area contributed by atoms with E-state index in [1.807, 2.05) is 0 Å². The third-order valence-electron chi connectivity index (χ3n) is 2.78. The highest BCUT2D eigenvalue weighted by molar-refractivity contribution is 5.75. The minimum absolute atomic E-state index is 0.100. The van der Waals surface area contributed by atoms with Crippen LogP contribution in [0, 0.1) is 0 Å². The molecule has 0 spiro atoms. The Balaban J connectivity index is 1.96. The average Bonchev–Trinajstić information content (AvgIpc) is 2.33. The van der Waals surface area contributed by atoms with E-state index in [4.69, 9.17) is 4.74 Å². The summed E-state index contributed by atoms with van der Waals surface area (Å²) in [5.74, 6) is 0.100. The van der Waals surface area contributed by atoms with E-state index in [1.165, 1.54) is 19.3 Å². The van der Waals surface area contributed by atoms with E-state index in [0.29, 0.717) is 19.1 Å². The van der Waals surface area contributed by atoms with Gasteiger partial charge in [0.05, 0.1) is 6.61 Å². The van der Waals surface area contributed by atoms with Crippen LogP contribution in [-0.2, 0) is 9.53 Å². The summed E-state index contributed by atoms with van der Waals surface area (Å²) < 4.78 is 5.27. The Morgan fingerprint density at radius 3 is 3.00 bits per heavy atom. The molecule has 1 atom stereocenters. The average molecular weight is 228 g/mol. The zero-order valence-corrected chi connectivity index (χ0v) is 10.3. The van der Waals surface area contributed by atoms with Gasteiger partial charge < -0.3 is 15.4 Å². The summed E-state index contributed by atoms with van der Waals surface area (Å²) in [6.45, 7) is 5.19. The maximum Gasteiger partial charge on any atom is 0.222 e. The summed E-state index contributed by atoms with van der Waals surface area (Å²) in [5.41, 5.74) is 0. The first kappa shape index (κ1) is 13.5. The van der Waals surface area contributed by atoms with Crippen molar-refractivity contribution >= 4 is 5.91 Å². The van der Waals surface area contributed by atoms with Gasteiger partial charge in [-0.05, 0) is 25.8 Å². The lowest BCUT2D eigenvalue weighted by Crippen LogP contribution is -2.43. The maximum absolute atomic E-state index is 11.4. The molecule has 0 aromatic rings. The first-order valence-corrected chi connectivity index (χ1v) is 6.40. The number of rotatable bonds is 7. The highest BCUT2D eigenvalue weighted by Crippen LogP contribution is 2.05. The molecule has 1 heterocycles. The fraction of sp³-hybridized carbons (Fsp3) is 0.917. The third kappa shape index (κ3) is 6.08. The van der Waals surface area contributed by atoms with Crippen LogP contribution >= 0.6 is 0 Å². The Morgan fingerprint density at radius 1 is 1.44 bits per heavy atom. The van der Waals surface area contributed by atoms with Gasteiger partial charge in [-0.2, -0.15) is 0 Å². The Kier molecular flexibility index (Phi) is 7.17. The van der Waals surface area contributed by atoms with Gasteiger partial charge in [-0.25, -0.2) is 0 Å². The lowest BCUT2D eigenvalue weighted by Gasteiger charge is -2.23. The molecule has 0 bridgehead atoms. The van der Waals surface area contributed by atoms with Crippen LogP contribution in [0.3, 0.4) is 0 Å². The molecule has 0 aliphatic carbocycles. The molecule has 1 aliphatic rings. The maximum atomic E-state index is 11.4. The number of carbonyl (C=O) groups is 1. The van der Waals surface area contributed by atoms with E-state index in [9.17, 15) is 4.79 Å². The summed E-state index contributed by atoms with van der Waals surface area (Å²) in [4.78, 5) is 11.4. The van der Waals surface area contributed by atoms with Crippen molar-refractivity contribution < 1.29 is 9.53 Å². The van der Waals surface area contributed by atoms with Crippen molar-refractivity contribution in [3.8, 4) is 0 Å². The van der Waals surface area contributed by atoms with Gasteiger partial charge in [0.1, 0.15) is 0 Å². The van der Waals surface area contributed by atoms with Crippen LogP contribution in [0.15, 0.2) is 0 Å². The molecule has 94 valence electrons. The Bertz CT molecular complexity index is 191. The normalized spacial score (nSPS) is 20.7. The fourth-order valence-corrected chi connectivity index (χ4v) is 1.83. The molecule has 4 nitrogen and oxygen atoms in total. The Hall–Kier alpha value is -0.610. The summed E-state index contributed by atoms with van der Waals surface area (Å²) >= 11 is 0. The lowest BCUT2D eigenvalue weighted by molar-refractivity contribution is -0.122. The first-order valence-electron chi connectivity index (χ1n) is 6.40. The van der Waals surface area contributed by atoms with Crippen LogP contribution in [0.1, 0.15) is 39.0 Å². The van der Waals surface area contributed by atoms with Gasteiger partial charge in [0.25, 0.3) is 0 Å². The van der Waals surface area contributed by atoms with Crippen molar-refractivity contribution in [2.24, 2.45) is 0 Å². The summed E-state index contributed by atoms with van der Waals surface area (Å²) in [5, 5.41) is 6.35. The number of amides is 1. The van der Waals surface area contributed by atoms with Crippen LogP contribution < -0.4 is 10.6 Å². The molecule has 0 aromatic carbocycles. The molecule has 0 radical (unpaired) electrons. The highest BCUT2D eigenvalue weighted by Gasteiger charge is 2.12. The summed E-state index contributed by atoms with van der Waals surface area (Å²) in [7, 11) is 0. The third-order valence-corrected chi connectivity index (χ3v) is 2.78. The number of piperidine rings is 1. The van der Waals surface area contributed by atoms with Gasteiger partial charge in [-0.1, -0.05) is 13.3 Å². The number of hydrogen-bond donors (Lipinski definition) is 2. The summed E-state index contributed by atoms with van der Waals surface area (Å²) in [6, 6.07) is 0.467. The van der Waals surface area contributed by atoms with Gasteiger partial charge in [0.15, 0.2) is 0 Å². The van der Waals surface area contributed by atoms with Gasteiger partial charge in [-0.3, -0.25) is 4.79 Å². The van der Waals surface area contributed by atoms with E-state index >= 15 is 0 Å². The van der Waals surface area contributed by atoms with E-state index in [1.54, 1.807) is 0 Å². The standard InChI is InChI=1S/C12H24N2O2/c1-2-8-16-9-6-12(15)14-10-11-5-3-4-7-13-11/h11,13H,2-10H2,1H3,(H,14,15). The quantitative estimate of drug-likeness (QED) is 0.641. The van der Waals surface area contributed by atoms with Gasteiger partial charge in [0.2, 0.25) is 5.91 Å². The van der Waals surface area contributed by atoms with Crippen molar-refractivity contribution in [2.45, 2.75) is 45.1 Å². The topological polar surface area (TPSA) is 50.4 Å². The molecule has 1 unspecified atom stereocenters. The molecule has 1 aliphatic heterocycles. The largest absolute Gasteiger partial charge is 0.381 e. The van der Waals surface area contributed by atoms with Crippen molar-refractivity contribution in [3.63, 3.8) is 0 Å². The Morgan fingerprint density at radius 2 is 2.31 bits per heavy atom. The Labute approximate surface area is 98.1 Å². The van der Waals surface area contributed by atoms with Crippen LogP contribution in [0.2, 0.25) is 0 Å². The first-order chi connectivity index (χ1) is 7.83. The van der Waals surface area contributed by atoms with Crippen LogP contribution in [0.5, 0.6) is 0 Å². The second-order valence-electron chi connectivity index (χ2n) is 4.31. The number of hydrogen-bond acceptors (Lipinski definition) is 3. The number of ether oxygens (including phenoxy) is 1. The lowest BCUT2D eigenvalue weighted by atomic mass is 10.1. The van der Waals surface area contributed by atoms with Gasteiger partial charge >= 0.3 is 0 Å². The molecular weight excluding hydrogens is 204 g/mol. The molecule has 2 N–H and O–H groups in total. The van der Waals surface area contributed by atoms with E-state index in [2.05, 4.69) is 17.6 Å². The highest BCUT2D eigenvalue weighted by atomic mass is 16.5. The predicted octanol–water partition coefficient (Wildman–Crippen LogP) is 1.06. The zero-order valence-electron chi connectivity index (χ0n) is 10.3. The smallest absolute Gasteiger partial charge is 0.222 e. The SMILES string of the molecule is CCCOCCC(=O)NCC1CCCCN1. The van der Waals surface area contributed by atoms with E-state index in [0.717, 1.165) is 26.1 Å². The number of carbonyl (C=O) groups excluding carboxylic acids is 1. The van der Waals surface area contributed by atoms with Crippen molar-refractivity contribution in [1.29, 1.82) is 0 Å².